The largest absolute Gasteiger partial charge is 0.444 e. The minimum absolute atomic E-state index is 0.0898. The van der Waals surface area contributed by atoms with Gasteiger partial charge in [-0.2, -0.15) is 0 Å². The van der Waals surface area contributed by atoms with Crippen LogP contribution in [0.25, 0.3) is 5.65 Å². The van der Waals surface area contributed by atoms with Crippen LogP contribution in [-0.4, -0.2) is 68.7 Å². The molecule has 6 rings (SSSR count). The lowest BCUT2D eigenvalue weighted by molar-refractivity contribution is 0.000360. The molecule has 0 aromatic carbocycles. The molecule has 41 heavy (non-hydrogen) atoms. The number of rotatable bonds is 3. The second kappa shape index (κ2) is 9.60. The molecule has 0 atom stereocenters. The van der Waals surface area contributed by atoms with E-state index in [2.05, 4.69) is 35.1 Å². The molecule has 0 radical (unpaired) electrons. The van der Waals surface area contributed by atoms with Crippen molar-refractivity contribution in [1.82, 2.24) is 19.3 Å². The summed E-state index contributed by atoms with van der Waals surface area (Å²) < 4.78 is 22.2. The molecular weight excluding hydrogens is 525 g/mol. The molecule has 5 heterocycles. The van der Waals surface area contributed by atoms with Gasteiger partial charge in [-0.3, -0.25) is 9.80 Å². The van der Waals surface area contributed by atoms with Crippen molar-refractivity contribution in [3.63, 3.8) is 0 Å². The van der Waals surface area contributed by atoms with Crippen LogP contribution < -0.4 is 15.1 Å². The highest BCUT2D eigenvalue weighted by Gasteiger charge is 2.41. The van der Waals surface area contributed by atoms with Gasteiger partial charge in [0, 0.05) is 67.5 Å². The number of carbonyl (C=O) groups excluding carboxylic acids is 2. The summed E-state index contributed by atoms with van der Waals surface area (Å²) in [6, 6.07) is 3.08. The average molecular weight is 564 g/mol. The van der Waals surface area contributed by atoms with Crippen LogP contribution in [0, 0.1) is 12.7 Å². The van der Waals surface area contributed by atoms with Gasteiger partial charge in [0.25, 0.3) is 0 Å². The van der Waals surface area contributed by atoms with Crippen LogP contribution in [0.15, 0.2) is 24.5 Å². The van der Waals surface area contributed by atoms with Crippen molar-refractivity contribution in [2.45, 2.75) is 77.9 Å². The zero-order valence-electron chi connectivity index (χ0n) is 24.6. The quantitative estimate of drug-likeness (QED) is 0.453. The molecule has 0 bridgehead atoms. The van der Waals surface area contributed by atoms with E-state index in [0.717, 1.165) is 35.5 Å². The molecule has 0 unspecified atom stereocenters. The number of aromatic nitrogens is 3. The summed E-state index contributed by atoms with van der Waals surface area (Å²) in [6.07, 6.45) is 5.82. The number of carbonyl (C=O) groups is 2. The predicted octanol–water partition coefficient (Wildman–Crippen LogP) is 5.48. The van der Waals surface area contributed by atoms with Gasteiger partial charge in [0.05, 0.1) is 16.9 Å². The fourth-order valence-corrected chi connectivity index (χ4v) is 5.85. The van der Waals surface area contributed by atoms with Crippen molar-refractivity contribution in [2.75, 3.05) is 41.3 Å². The second-order valence-corrected chi connectivity index (χ2v) is 13.0. The summed E-state index contributed by atoms with van der Waals surface area (Å²) >= 11 is 0. The highest BCUT2D eigenvalue weighted by molar-refractivity contribution is 6.03. The average Bonchev–Trinajstić information content (AvgIpc) is 3.53. The van der Waals surface area contributed by atoms with Crippen molar-refractivity contribution < 1.29 is 18.7 Å². The molecule has 10 nitrogen and oxygen atoms in total. The number of nitrogens with one attached hydrogen (secondary N) is 1. The molecule has 3 aromatic rings. The Hall–Kier alpha value is -3.89. The molecule has 218 valence electrons. The Kier molecular flexibility index (Phi) is 6.39. The molecule has 2 fully saturated rings. The van der Waals surface area contributed by atoms with E-state index in [0.29, 0.717) is 50.0 Å². The number of piperazine rings is 1. The maximum absolute atomic E-state index is 14.9. The van der Waals surface area contributed by atoms with E-state index < -0.39 is 23.0 Å². The van der Waals surface area contributed by atoms with Crippen molar-refractivity contribution >= 4 is 35.0 Å². The topological polar surface area (TPSA) is 95.3 Å². The third-order valence-electron chi connectivity index (χ3n) is 7.94. The van der Waals surface area contributed by atoms with Gasteiger partial charge in [-0.05, 0) is 66.9 Å². The third-order valence-corrected chi connectivity index (χ3v) is 7.94. The molecule has 1 aliphatic carbocycles. The van der Waals surface area contributed by atoms with Crippen molar-refractivity contribution in [2.24, 2.45) is 0 Å². The molecule has 3 amide bonds. The van der Waals surface area contributed by atoms with Gasteiger partial charge < -0.3 is 19.4 Å². The van der Waals surface area contributed by atoms with Crippen molar-refractivity contribution in [1.29, 1.82) is 0 Å². The summed E-state index contributed by atoms with van der Waals surface area (Å²) in [5, 5.41) is 2.76. The van der Waals surface area contributed by atoms with E-state index >= 15 is 0 Å². The number of fused-ring (bicyclic) bond motifs is 2. The summed E-state index contributed by atoms with van der Waals surface area (Å²) in [4.78, 5) is 41.5. The number of urea groups is 1. The first-order chi connectivity index (χ1) is 19.3. The summed E-state index contributed by atoms with van der Waals surface area (Å²) in [7, 11) is 0. The lowest BCUT2D eigenvalue weighted by Crippen LogP contribution is -2.62. The van der Waals surface area contributed by atoms with Crippen LogP contribution >= 0.6 is 0 Å². The number of hydrogen-bond acceptors (Lipinski definition) is 6. The van der Waals surface area contributed by atoms with Crippen LogP contribution in [0.4, 0.5) is 31.2 Å². The first kappa shape index (κ1) is 27.3. The maximum atomic E-state index is 14.9. The Balaban J connectivity index is 1.27. The molecule has 1 N–H and O–H groups in total. The third kappa shape index (κ3) is 5.29. The molecule has 0 spiro atoms. The van der Waals surface area contributed by atoms with E-state index in [-0.39, 0.29) is 11.8 Å². The van der Waals surface area contributed by atoms with Gasteiger partial charge in [0.15, 0.2) is 5.82 Å². The molecule has 3 aliphatic rings. The Morgan fingerprint density at radius 1 is 1.10 bits per heavy atom. The summed E-state index contributed by atoms with van der Waals surface area (Å²) in [6.45, 7) is 13.8. The summed E-state index contributed by atoms with van der Waals surface area (Å²) in [5.41, 5.74) is 3.36. The van der Waals surface area contributed by atoms with Crippen molar-refractivity contribution in [3.05, 3.63) is 47.3 Å². The number of amides is 3. The second-order valence-electron chi connectivity index (χ2n) is 13.0. The zero-order chi connectivity index (χ0) is 29.3. The molecule has 1 saturated carbocycles. The number of nitrogens with zero attached hydrogens (tertiary/aromatic N) is 6. The number of anilines is 3. The van der Waals surface area contributed by atoms with E-state index in [9.17, 15) is 14.0 Å². The normalized spacial score (nSPS) is 18.6. The van der Waals surface area contributed by atoms with E-state index in [1.807, 2.05) is 32.6 Å². The van der Waals surface area contributed by atoms with E-state index in [1.54, 1.807) is 21.7 Å². The van der Waals surface area contributed by atoms with Crippen molar-refractivity contribution in [3.8, 4) is 0 Å². The van der Waals surface area contributed by atoms with E-state index in [1.165, 1.54) is 6.07 Å². The first-order valence-electron chi connectivity index (χ1n) is 14.3. The minimum atomic E-state index is -0.564. The number of halogens is 1. The highest BCUT2D eigenvalue weighted by atomic mass is 19.1. The van der Waals surface area contributed by atoms with Gasteiger partial charge in [-0.1, -0.05) is 0 Å². The Morgan fingerprint density at radius 2 is 1.85 bits per heavy atom. The molecule has 2 aliphatic heterocycles. The van der Waals surface area contributed by atoms with Crippen LogP contribution in [-0.2, 0) is 11.2 Å². The van der Waals surface area contributed by atoms with Crippen LogP contribution in [0.2, 0.25) is 0 Å². The first-order valence-corrected chi connectivity index (χ1v) is 14.3. The summed E-state index contributed by atoms with van der Waals surface area (Å²) in [5.74, 6) is 0.473. The number of ether oxygens (including phenoxy) is 1. The lowest BCUT2D eigenvalue weighted by Gasteiger charge is -2.48. The number of imidazole rings is 1. The van der Waals surface area contributed by atoms with Crippen LogP contribution in [0.3, 0.4) is 0 Å². The molecule has 11 heteroatoms. The fourth-order valence-electron chi connectivity index (χ4n) is 5.85. The zero-order valence-corrected chi connectivity index (χ0v) is 24.6. The Labute approximate surface area is 239 Å². The highest BCUT2D eigenvalue weighted by Crippen LogP contribution is 2.45. The number of aryl methyl sites for hydroxylation is 1. The minimum Gasteiger partial charge on any atom is -0.444 e. The smallest absolute Gasteiger partial charge is 0.410 e. The Bertz CT molecular complexity index is 1540. The SMILES string of the molecule is Cc1cn2cc(NC(=O)N3CCc4c(N5CCN(C(=O)OC(C)(C)C)C(C)(C)C5)cc(C5CC5)nc43)c(F)cc2n1. The Morgan fingerprint density at radius 3 is 2.54 bits per heavy atom. The number of hydrogen-bond donors (Lipinski definition) is 1. The molecule has 3 aromatic heterocycles. The van der Waals surface area contributed by atoms with E-state index in [4.69, 9.17) is 9.72 Å². The maximum Gasteiger partial charge on any atom is 0.410 e. The van der Waals surface area contributed by atoms with Gasteiger partial charge in [0.2, 0.25) is 0 Å². The lowest BCUT2D eigenvalue weighted by atomic mass is 9.97. The van der Waals surface area contributed by atoms with Crippen LogP contribution in [0.5, 0.6) is 0 Å². The standard InChI is InChI=1S/C30H38FN7O3/c1-18-15-36-16-23(21(31)13-25(36)32-18)34-27(39)37-10-9-20-24(14-22(19-7-8-19)33-26(20)37)35-11-12-38(30(5,6)17-35)28(40)41-29(2,3)4/h13-16,19H,7-12,17H2,1-6H3,(H,34,39). The molecular formula is C30H38FN7O3. The molecule has 1 saturated heterocycles. The van der Waals surface area contributed by atoms with Gasteiger partial charge >= 0.3 is 12.1 Å². The fraction of sp³-hybridized carbons (Fsp3) is 0.533. The monoisotopic (exact) mass is 563 g/mol. The predicted molar refractivity (Wildman–Crippen MR) is 155 cm³/mol. The van der Waals surface area contributed by atoms with Gasteiger partial charge in [-0.15, -0.1) is 0 Å². The number of pyridine rings is 2. The van der Waals surface area contributed by atoms with Gasteiger partial charge in [0.1, 0.15) is 17.1 Å². The van der Waals surface area contributed by atoms with Gasteiger partial charge in [-0.25, -0.2) is 23.9 Å². The van der Waals surface area contributed by atoms with Crippen LogP contribution in [0.1, 0.15) is 70.3 Å².